The van der Waals surface area contributed by atoms with Gasteiger partial charge in [-0.2, -0.15) is 0 Å². The molecule has 2 rings (SSSR count). The number of likely N-dealkylation sites (N-methyl/N-ethyl adjacent to an activating group) is 1. The summed E-state index contributed by atoms with van der Waals surface area (Å²) in [5.41, 5.74) is 0.782. The molecule has 0 aliphatic rings. The number of ether oxygens (including phenoxy) is 1. The van der Waals surface area contributed by atoms with Crippen LogP contribution in [-0.2, 0) is 11.2 Å². The number of benzene rings is 1. The number of carbonyl (C=O) groups excluding carboxylic acids is 1. The van der Waals surface area contributed by atoms with Crippen molar-refractivity contribution in [2.75, 3.05) is 7.05 Å². The van der Waals surface area contributed by atoms with Crippen molar-refractivity contribution in [3.8, 4) is 0 Å². The number of nitrogens with zero attached hydrogens (tertiary/aromatic N) is 1. The molecule has 1 atom stereocenters. The standard InChI is InChI=1S/C17H23NO2S/c1-12(18(5)16(19)20-17(2,3)4)10-13-6-7-15-14(11-13)8-9-21-15/h6-9,11-12H,10H2,1-5H3/t12-/m1/s1. The first-order chi connectivity index (χ1) is 9.76. The maximum atomic E-state index is 12.1. The molecule has 0 saturated carbocycles. The number of amides is 1. The van der Waals surface area contributed by atoms with Crippen molar-refractivity contribution < 1.29 is 9.53 Å². The van der Waals surface area contributed by atoms with Crippen LogP contribution in [-0.4, -0.2) is 29.7 Å². The quantitative estimate of drug-likeness (QED) is 0.822. The van der Waals surface area contributed by atoms with E-state index in [-0.39, 0.29) is 12.1 Å². The molecule has 0 aliphatic carbocycles. The third kappa shape index (κ3) is 4.21. The van der Waals surface area contributed by atoms with Crippen LogP contribution in [0.2, 0.25) is 0 Å². The van der Waals surface area contributed by atoms with E-state index in [0.29, 0.717) is 0 Å². The molecule has 3 nitrogen and oxygen atoms in total. The predicted octanol–water partition coefficient (Wildman–Crippen LogP) is 4.70. The number of thiophene rings is 1. The third-order valence-corrected chi connectivity index (χ3v) is 4.29. The second-order valence-corrected chi connectivity index (χ2v) is 7.38. The monoisotopic (exact) mass is 305 g/mol. The van der Waals surface area contributed by atoms with Crippen molar-refractivity contribution in [3.05, 3.63) is 35.2 Å². The van der Waals surface area contributed by atoms with Gasteiger partial charge in [-0.05, 0) is 62.6 Å². The molecule has 4 heteroatoms. The Morgan fingerprint density at radius 2 is 2.05 bits per heavy atom. The minimum absolute atomic E-state index is 0.0935. The molecular weight excluding hydrogens is 282 g/mol. The summed E-state index contributed by atoms with van der Waals surface area (Å²) in [5.74, 6) is 0. The fourth-order valence-electron chi connectivity index (χ4n) is 2.14. The second kappa shape index (κ2) is 6.06. The minimum Gasteiger partial charge on any atom is -0.444 e. The van der Waals surface area contributed by atoms with Gasteiger partial charge in [-0.3, -0.25) is 0 Å². The molecule has 1 heterocycles. The molecule has 0 bridgehead atoms. The van der Waals surface area contributed by atoms with Crippen LogP contribution >= 0.6 is 11.3 Å². The number of hydrogen-bond donors (Lipinski definition) is 0. The zero-order chi connectivity index (χ0) is 15.6. The van der Waals surface area contributed by atoms with Gasteiger partial charge in [0.15, 0.2) is 0 Å². The van der Waals surface area contributed by atoms with Gasteiger partial charge in [0.05, 0.1) is 0 Å². The molecule has 114 valence electrons. The summed E-state index contributed by atoms with van der Waals surface area (Å²) in [6, 6.07) is 8.71. The molecule has 1 aromatic heterocycles. The predicted molar refractivity (Wildman–Crippen MR) is 89.0 cm³/mol. The van der Waals surface area contributed by atoms with E-state index < -0.39 is 5.60 Å². The van der Waals surface area contributed by atoms with Gasteiger partial charge in [0.2, 0.25) is 0 Å². The lowest BCUT2D eigenvalue weighted by molar-refractivity contribution is 0.0236. The highest BCUT2D eigenvalue weighted by Gasteiger charge is 2.23. The lowest BCUT2D eigenvalue weighted by atomic mass is 10.1. The first-order valence-corrected chi connectivity index (χ1v) is 8.06. The number of hydrogen-bond acceptors (Lipinski definition) is 3. The molecule has 1 amide bonds. The van der Waals surface area contributed by atoms with Crippen molar-refractivity contribution in [3.63, 3.8) is 0 Å². The molecule has 0 aliphatic heterocycles. The number of fused-ring (bicyclic) bond motifs is 1. The van der Waals surface area contributed by atoms with Gasteiger partial charge in [-0.15, -0.1) is 11.3 Å². The van der Waals surface area contributed by atoms with Gasteiger partial charge in [0.1, 0.15) is 5.60 Å². The van der Waals surface area contributed by atoms with Crippen molar-refractivity contribution in [2.24, 2.45) is 0 Å². The molecular formula is C17H23NO2S. The molecule has 0 unspecified atom stereocenters. The molecule has 1 aromatic carbocycles. The highest BCUT2D eigenvalue weighted by molar-refractivity contribution is 7.17. The van der Waals surface area contributed by atoms with Crippen LogP contribution < -0.4 is 0 Å². The SMILES string of the molecule is C[C@H](Cc1ccc2sccc2c1)N(C)C(=O)OC(C)(C)C. The van der Waals surface area contributed by atoms with Gasteiger partial charge in [-0.25, -0.2) is 4.79 Å². The van der Waals surface area contributed by atoms with E-state index in [0.717, 1.165) is 6.42 Å². The number of carbonyl (C=O) groups is 1. The second-order valence-electron chi connectivity index (χ2n) is 6.44. The topological polar surface area (TPSA) is 29.5 Å². The highest BCUT2D eigenvalue weighted by Crippen LogP contribution is 2.23. The Labute approximate surface area is 130 Å². The Morgan fingerprint density at radius 1 is 1.33 bits per heavy atom. The average molecular weight is 305 g/mol. The maximum Gasteiger partial charge on any atom is 0.410 e. The van der Waals surface area contributed by atoms with Gasteiger partial charge < -0.3 is 9.64 Å². The van der Waals surface area contributed by atoms with Crippen LogP contribution in [0.25, 0.3) is 10.1 Å². The Hall–Kier alpha value is -1.55. The van der Waals surface area contributed by atoms with E-state index in [9.17, 15) is 4.79 Å². The summed E-state index contributed by atoms with van der Waals surface area (Å²) in [6.07, 6.45) is 0.549. The molecule has 21 heavy (non-hydrogen) atoms. The molecule has 0 spiro atoms. The van der Waals surface area contributed by atoms with Gasteiger partial charge in [0, 0.05) is 17.8 Å². The molecule has 0 fully saturated rings. The first kappa shape index (κ1) is 15.8. The van der Waals surface area contributed by atoms with Crippen molar-refractivity contribution in [1.29, 1.82) is 0 Å². The maximum absolute atomic E-state index is 12.1. The summed E-state index contributed by atoms with van der Waals surface area (Å²) in [4.78, 5) is 13.7. The highest BCUT2D eigenvalue weighted by atomic mass is 32.1. The summed E-state index contributed by atoms with van der Waals surface area (Å²) in [5, 5.41) is 3.37. The number of rotatable bonds is 3. The fraction of sp³-hybridized carbons (Fsp3) is 0.471. The zero-order valence-corrected chi connectivity index (χ0v) is 14.2. The fourth-order valence-corrected chi connectivity index (χ4v) is 2.91. The largest absolute Gasteiger partial charge is 0.444 e. The van der Waals surface area contributed by atoms with Crippen LogP contribution in [0.1, 0.15) is 33.3 Å². The molecule has 0 saturated heterocycles. The third-order valence-electron chi connectivity index (χ3n) is 3.39. The summed E-state index contributed by atoms with van der Waals surface area (Å²) < 4.78 is 6.70. The van der Waals surface area contributed by atoms with Gasteiger partial charge in [-0.1, -0.05) is 12.1 Å². The first-order valence-electron chi connectivity index (χ1n) is 7.18. The van der Waals surface area contributed by atoms with Crippen LogP contribution in [0.15, 0.2) is 29.6 Å². The Morgan fingerprint density at radius 3 is 2.71 bits per heavy atom. The minimum atomic E-state index is -0.458. The van der Waals surface area contributed by atoms with E-state index in [1.807, 2.05) is 27.7 Å². The Kier molecular flexibility index (Phi) is 4.57. The average Bonchev–Trinajstić information content (AvgIpc) is 2.83. The zero-order valence-electron chi connectivity index (χ0n) is 13.3. The summed E-state index contributed by atoms with van der Waals surface area (Å²) in [7, 11) is 1.79. The Balaban J connectivity index is 2.02. The van der Waals surface area contributed by atoms with Gasteiger partial charge in [0.25, 0.3) is 0 Å². The van der Waals surface area contributed by atoms with Crippen molar-refractivity contribution in [1.82, 2.24) is 4.90 Å². The van der Waals surface area contributed by atoms with E-state index >= 15 is 0 Å². The van der Waals surface area contributed by atoms with Crippen LogP contribution in [0.3, 0.4) is 0 Å². The van der Waals surface area contributed by atoms with Crippen LogP contribution in [0, 0.1) is 0 Å². The van der Waals surface area contributed by atoms with Crippen molar-refractivity contribution >= 4 is 27.5 Å². The van der Waals surface area contributed by atoms with E-state index in [1.54, 1.807) is 23.3 Å². The van der Waals surface area contributed by atoms with Crippen molar-refractivity contribution in [2.45, 2.75) is 45.8 Å². The molecule has 0 radical (unpaired) electrons. The Bertz CT molecular complexity index is 627. The lowest BCUT2D eigenvalue weighted by Crippen LogP contribution is -2.40. The van der Waals surface area contributed by atoms with Gasteiger partial charge >= 0.3 is 6.09 Å². The van der Waals surface area contributed by atoms with Crippen LogP contribution in [0.5, 0.6) is 0 Å². The summed E-state index contributed by atoms with van der Waals surface area (Å²) >= 11 is 1.75. The normalized spacial score (nSPS) is 13.2. The summed E-state index contributed by atoms with van der Waals surface area (Å²) in [6.45, 7) is 7.69. The van der Waals surface area contributed by atoms with E-state index in [1.165, 1.54) is 15.6 Å². The molecule has 2 aromatic rings. The smallest absolute Gasteiger partial charge is 0.410 e. The molecule has 0 N–H and O–H groups in total. The van der Waals surface area contributed by atoms with Crippen LogP contribution in [0.4, 0.5) is 4.79 Å². The van der Waals surface area contributed by atoms with E-state index in [2.05, 4.69) is 29.6 Å². The van der Waals surface area contributed by atoms with E-state index in [4.69, 9.17) is 4.74 Å². The lowest BCUT2D eigenvalue weighted by Gasteiger charge is -2.28.